The lowest BCUT2D eigenvalue weighted by Gasteiger charge is -2.36. The van der Waals surface area contributed by atoms with Crippen molar-refractivity contribution in [2.24, 2.45) is 11.8 Å². The minimum atomic E-state index is -0.379. The number of rotatable bonds is 5. The predicted octanol–water partition coefficient (Wildman–Crippen LogP) is 2.63. The Hall–Kier alpha value is -2.44. The standard InChI is InChI=1S/C23H30FN3O3/c24-18-11-9-15(10-12-18)21(28)25-19-5-1-2-6-20(19)26-22(29)17-4-3-13-27(14-17)23(30)16-7-8-16/h9-12,16-17,19-20H,1-8,13-14H2,(H,25,28)(H,26,29)/t17?,19-,20-/m1/s1. The summed E-state index contributed by atoms with van der Waals surface area (Å²) in [6.07, 6.45) is 7.21. The molecule has 3 fully saturated rings. The third-order valence-corrected chi connectivity index (χ3v) is 6.55. The highest BCUT2D eigenvalue weighted by Gasteiger charge is 2.37. The second-order valence-electron chi connectivity index (χ2n) is 8.88. The van der Waals surface area contributed by atoms with Gasteiger partial charge in [0.25, 0.3) is 5.91 Å². The van der Waals surface area contributed by atoms with Crippen LogP contribution in [0.3, 0.4) is 0 Å². The van der Waals surface area contributed by atoms with Crippen molar-refractivity contribution in [2.45, 2.75) is 63.5 Å². The number of carbonyl (C=O) groups is 3. The molecule has 3 aliphatic rings. The van der Waals surface area contributed by atoms with Crippen molar-refractivity contribution in [2.75, 3.05) is 13.1 Å². The molecule has 2 aliphatic carbocycles. The summed E-state index contributed by atoms with van der Waals surface area (Å²) in [5, 5.41) is 6.18. The first kappa shape index (κ1) is 20.8. The van der Waals surface area contributed by atoms with Gasteiger partial charge in [0.2, 0.25) is 11.8 Å². The van der Waals surface area contributed by atoms with E-state index in [2.05, 4.69) is 10.6 Å². The average molecular weight is 416 g/mol. The summed E-state index contributed by atoms with van der Waals surface area (Å²) in [6, 6.07) is 5.21. The van der Waals surface area contributed by atoms with Gasteiger partial charge in [0, 0.05) is 36.7 Å². The largest absolute Gasteiger partial charge is 0.351 e. The Morgan fingerprint density at radius 3 is 2.17 bits per heavy atom. The van der Waals surface area contributed by atoms with E-state index in [0.29, 0.717) is 12.1 Å². The summed E-state index contributed by atoms with van der Waals surface area (Å²) in [5.41, 5.74) is 0.411. The topological polar surface area (TPSA) is 78.5 Å². The van der Waals surface area contributed by atoms with Gasteiger partial charge in [-0.3, -0.25) is 14.4 Å². The molecule has 1 aromatic carbocycles. The zero-order valence-electron chi connectivity index (χ0n) is 17.2. The molecule has 30 heavy (non-hydrogen) atoms. The van der Waals surface area contributed by atoms with E-state index in [4.69, 9.17) is 0 Å². The van der Waals surface area contributed by atoms with Crippen molar-refractivity contribution < 1.29 is 18.8 Å². The van der Waals surface area contributed by atoms with Gasteiger partial charge < -0.3 is 15.5 Å². The molecule has 6 nitrogen and oxygen atoms in total. The third-order valence-electron chi connectivity index (χ3n) is 6.55. The van der Waals surface area contributed by atoms with Crippen LogP contribution in [-0.4, -0.2) is 47.8 Å². The minimum absolute atomic E-state index is 0.0174. The molecule has 1 unspecified atom stereocenters. The van der Waals surface area contributed by atoms with E-state index in [-0.39, 0.29) is 47.5 Å². The van der Waals surface area contributed by atoms with Gasteiger partial charge in [0.1, 0.15) is 5.82 Å². The Bertz CT molecular complexity index is 793. The van der Waals surface area contributed by atoms with Crippen LogP contribution in [0.2, 0.25) is 0 Å². The van der Waals surface area contributed by atoms with Crippen LogP contribution in [0.15, 0.2) is 24.3 Å². The van der Waals surface area contributed by atoms with Crippen LogP contribution < -0.4 is 10.6 Å². The van der Waals surface area contributed by atoms with Gasteiger partial charge in [-0.05, 0) is 62.8 Å². The number of carbonyl (C=O) groups excluding carboxylic acids is 3. The number of nitrogens with one attached hydrogen (secondary N) is 2. The molecule has 0 bridgehead atoms. The summed E-state index contributed by atoms with van der Waals surface area (Å²) in [6.45, 7) is 1.25. The van der Waals surface area contributed by atoms with Crippen molar-refractivity contribution in [1.29, 1.82) is 0 Å². The SMILES string of the molecule is O=C(N[C@@H]1CCCC[C@H]1NC(=O)C1CCCN(C(=O)C2CC2)C1)c1ccc(F)cc1. The highest BCUT2D eigenvalue weighted by atomic mass is 19.1. The maximum Gasteiger partial charge on any atom is 0.251 e. The molecule has 1 aromatic rings. The fourth-order valence-corrected chi connectivity index (χ4v) is 4.61. The molecule has 1 aliphatic heterocycles. The smallest absolute Gasteiger partial charge is 0.251 e. The molecule has 3 amide bonds. The molecule has 0 spiro atoms. The Balaban J connectivity index is 1.34. The predicted molar refractivity (Wildman–Crippen MR) is 110 cm³/mol. The second kappa shape index (κ2) is 9.14. The van der Waals surface area contributed by atoms with Gasteiger partial charge in [-0.25, -0.2) is 4.39 Å². The average Bonchev–Trinajstić information content (AvgIpc) is 3.60. The molecule has 162 valence electrons. The summed E-state index contributed by atoms with van der Waals surface area (Å²) < 4.78 is 13.1. The Kier molecular flexibility index (Phi) is 6.35. The van der Waals surface area contributed by atoms with Crippen molar-refractivity contribution in [1.82, 2.24) is 15.5 Å². The van der Waals surface area contributed by atoms with Crippen molar-refractivity contribution >= 4 is 17.7 Å². The Morgan fingerprint density at radius 1 is 0.833 bits per heavy atom. The summed E-state index contributed by atoms with van der Waals surface area (Å²) in [5.74, 6) is -0.449. The van der Waals surface area contributed by atoms with Crippen LogP contribution in [-0.2, 0) is 9.59 Å². The lowest BCUT2D eigenvalue weighted by atomic mass is 9.88. The van der Waals surface area contributed by atoms with Crippen LogP contribution in [0.1, 0.15) is 61.7 Å². The van der Waals surface area contributed by atoms with Crippen molar-refractivity contribution in [3.05, 3.63) is 35.6 Å². The molecule has 3 atom stereocenters. The first-order valence-corrected chi connectivity index (χ1v) is 11.2. The van der Waals surface area contributed by atoms with E-state index in [1.807, 2.05) is 4.90 Å². The summed E-state index contributed by atoms with van der Waals surface area (Å²) >= 11 is 0. The van der Waals surface area contributed by atoms with Gasteiger partial charge in [-0.2, -0.15) is 0 Å². The zero-order chi connectivity index (χ0) is 21.1. The van der Waals surface area contributed by atoms with Gasteiger partial charge in [0.05, 0.1) is 5.92 Å². The highest BCUT2D eigenvalue weighted by molar-refractivity contribution is 5.94. The fraction of sp³-hybridized carbons (Fsp3) is 0.609. The van der Waals surface area contributed by atoms with Crippen LogP contribution in [0, 0.1) is 17.7 Å². The second-order valence-corrected chi connectivity index (χ2v) is 8.88. The number of piperidine rings is 1. The lowest BCUT2D eigenvalue weighted by Crippen LogP contribution is -2.55. The molecule has 0 aromatic heterocycles. The fourth-order valence-electron chi connectivity index (χ4n) is 4.61. The number of amides is 3. The third kappa shape index (κ3) is 4.99. The first-order chi connectivity index (χ1) is 14.5. The number of halogens is 1. The summed E-state index contributed by atoms with van der Waals surface area (Å²) in [7, 11) is 0. The first-order valence-electron chi connectivity index (χ1n) is 11.2. The van der Waals surface area contributed by atoms with E-state index in [1.165, 1.54) is 24.3 Å². The van der Waals surface area contributed by atoms with Crippen LogP contribution >= 0.6 is 0 Å². The Morgan fingerprint density at radius 2 is 1.50 bits per heavy atom. The number of benzene rings is 1. The van der Waals surface area contributed by atoms with E-state index in [0.717, 1.165) is 57.9 Å². The number of likely N-dealkylation sites (tertiary alicyclic amines) is 1. The number of hydrogen-bond acceptors (Lipinski definition) is 3. The van der Waals surface area contributed by atoms with E-state index in [1.54, 1.807) is 0 Å². The molecule has 0 radical (unpaired) electrons. The quantitative estimate of drug-likeness (QED) is 0.776. The molecule has 4 rings (SSSR count). The van der Waals surface area contributed by atoms with Crippen LogP contribution in [0.5, 0.6) is 0 Å². The van der Waals surface area contributed by atoms with Crippen molar-refractivity contribution in [3.8, 4) is 0 Å². The zero-order valence-corrected chi connectivity index (χ0v) is 17.2. The maximum atomic E-state index is 13.1. The Labute approximate surface area is 176 Å². The van der Waals surface area contributed by atoms with E-state index >= 15 is 0 Å². The maximum absolute atomic E-state index is 13.1. The molecule has 1 heterocycles. The molecule has 2 N–H and O–H groups in total. The normalized spacial score (nSPS) is 26.7. The number of hydrogen-bond donors (Lipinski definition) is 2. The monoisotopic (exact) mass is 415 g/mol. The molecular formula is C23H30FN3O3. The lowest BCUT2D eigenvalue weighted by molar-refractivity contribution is -0.137. The van der Waals surface area contributed by atoms with E-state index in [9.17, 15) is 18.8 Å². The number of nitrogens with zero attached hydrogens (tertiary/aromatic N) is 1. The molecule has 2 saturated carbocycles. The summed E-state index contributed by atoms with van der Waals surface area (Å²) in [4.78, 5) is 39.7. The van der Waals surface area contributed by atoms with Gasteiger partial charge in [0.15, 0.2) is 0 Å². The van der Waals surface area contributed by atoms with Crippen LogP contribution in [0.25, 0.3) is 0 Å². The van der Waals surface area contributed by atoms with Gasteiger partial charge in [-0.1, -0.05) is 12.8 Å². The van der Waals surface area contributed by atoms with Crippen molar-refractivity contribution in [3.63, 3.8) is 0 Å². The van der Waals surface area contributed by atoms with Gasteiger partial charge in [-0.15, -0.1) is 0 Å². The minimum Gasteiger partial charge on any atom is -0.351 e. The van der Waals surface area contributed by atoms with Gasteiger partial charge >= 0.3 is 0 Å². The molecule has 1 saturated heterocycles. The van der Waals surface area contributed by atoms with E-state index < -0.39 is 0 Å². The van der Waals surface area contributed by atoms with Crippen LogP contribution in [0.4, 0.5) is 4.39 Å². The highest BCUT2D eigenvalue weighted by Crippen LogP contribution is 2.32. The molecular weight excluding hydrogens is 385 g/mol. The molecule has 7 heteroatoms.